The SMILES string of the molecule is O=C(CN1C(=O)S/C(=C/c2cc(Cl)c(OCc3ccc(F)cc3)c(Cl)c2)C1=O)N1CCOCC1. The Balaban J connectivity index is 1.44. The van der Waals surface area contributed by atoms with Crippen LogP contribution >= 0.6 is 35.0 Å². The van der Waals surface area contributed by atoms with Gasteiger partial charge in [0.05, 0.1) is 28.2 Å². The summed E-state index contributed by atoms with van der Waals surface area (Å²) in [6.45, 7) is 1.53. The third-order valence-corrected chi connectivity index (χ3v) is 6.61. The predicted octanol–water partition coefficient (Wildman–Crippen LogP) is 4.61. The van der Waals surface area contributed by atoms with Crippen molar-refractivity contribution in [3.05, 3.63) is 68.3 Å². The molecule has 2 saturated heterocycles. The van der Waals surface area contributed by atoms with Gasteiger partial charge in [-0.05, 0) is 53.2 Å². The molecule has 0 aromatic heterocycles. The molecule has 178 valence electrons. The summed E-state index contributed by atoms with van der Waals surface area (Å²) in [5.41, 5.74) is 1.23. The van der Waals surface area contributed by atoms with Crippen LogP contribution in [0.25, 0.3) is 6.08 Å². The second-order valence-electron chi connectivity index (χ2n) is 7.49. The number of rotatable bonds is 6. The molecule has 0 aliphatic carbocycles. The number of ether oxygens (including phenoxy) is 2. The highest BCUT2D eigenvalue weighted by Gasteiger charge is 2.37. The van der Waals surface area contributed by atoms with Crippen LogP contribution < -0.4 is 4.74 Å². The van der Waals surface area contributed by atoms with Crippen LogP contribution in [0, 0.1) is 5.82 Å². The van der Waals surface area contributed by atoms with E-state index in [9.17, 15) is 18.8 Å². The Hall–Kier alpha value is -2.59. The summed E-state index contributed by atoms with van der Waals surface area (Å²) in [7, 11) is 0. The Bertz CT molecular complexity index is 1130. The maximum atomic E-state index is 13.1. The number of benzene rings is 2. The van der Waals surface area contributed by atoms with E-state index in [-0.39, 0.29) is 45.6 Å². The molecule has 2 aromatic rings. The Labute approximate surface area is 209 Å². The zero-order valence-corrected chi connectivity index (χ0v) is 20.1. The van der Waals surface area contributed by atoms with Gasteiger partial charge >= 0.3 is 0 Å². The molecule has 2 heterocycles. The molecular weight excluding hydrogens is 506 g/mol. The molecule has 4 rings (SSSR count). The number of carbonyl (C=O) groups excluding carboxylic acids is 3. The highest BCUT2D eigenvalue weighted by molar-refractivity contribution is 8.18. The molecule has 2 fully saturated rings. The highest BCUT2D eigenvalue weighted by Crippen LogP contribution is 2.37. The smallest absolute Gasteiger partial charge is 0.294 e. The molecule has 2 aliphatic rings. The molecule has 0 radical (unpaired) electrons. The van der Waals surface area contributed by atoms with E-state index in [1.807, 2.05) is 0 Å². The lowest BCUT2D eigenvalue weighted by Crippen LogP contribution is -2.46. The van der Waals surface area contributed by atoms with E-state index in [0.717, 1.165) is 22.2 Å². The fourth-order valence-electron chi connectivity index (χ4n) is 3.37. The molecule has 0 bridgehead atoms. The standard InChI is InChI=1S/C23H19Cl2FN2O5S/c24-17-9-15(10-18(25)21(17)33-13-14-1-3-16(26)4-2-14)11-19-22(30)28(23(31)34-19)12-20(29)27-5-7-32-8-6-27/h1-4,9-11H,5-8,12-13H2/b19-11+. The molecule has 34 heavy (non-hydrogen) atoms. The van der Waals surface area contributed by atoms with Crippen molar-refractivity contribution < 1.29 is 28.2 Å². The number of carbonyl (C=O) groups is 3. The number of imide groups is 1. The molecule has 3 amide bonds. The molecule has 11 heteroatoms. The Morgan fingerprint density at radius 2 is 1.76 bits per heavy atom. The Kier molecular flexibility index (Phi) is 7.77. The average molecular weight is 525 g/mol. The largest absolute Gasteiger partial charge is 0.486 e. The van der Waals surface area contributed by atoms with Crippen LogP contribution in [0.4, 0.5) is 9.18 Å². The molecule has 0 N–H and O–H groups in total. The van der Waals surface area contributed by atoms with Crippen molar-refractivity contribution in [2.75, 3.05) is 32.8 Å². The van der Waals surface area contributed by atoms with Crippen molar-refractivity contribution in [2.45, 2.75) is 6.61 Å². The van der Waals surface area contributed by atoms with E-state index in [0.29, 0.717) is 31.9 Å². The van der Waals surface area contributed by atoms with E-state index in [2.05, 4.69) is 0 Å². The molecule has 0 unspecified atom stereocenters. The predicted molar refractivity (Wildman–Crippen MR) is 127 cm³/mol. The third kappa shape index (κ3) is 5.72. The van der Waals surface area contributed by atoms with Gasteiger partial charge in [-0.3, -0.25) is 19.3 Å². The van der Waals surface area contributed by atoms with Gasteiger partial charge in [-0.2, -0.15) is 0 Å². The van der Waals surface area contributed by atoms with Crippen LogP contribution in [0.2, 0.25) is 10.0 Å². The first-order chi connectivity index (χ1) is 16.3. The summed E-state index contributed by atoms with van der Waals surface area (Å²) in [4.78, 5) is 40.2. The number of amides is 3. The summed E-state index contributed by atoms with van der Waals surface area (Å²) >= 11 is 13.4. The van der Waals surface area contributed by atoms with Crippen LogP contribution in [0.15, 0.2) is 41.3 Å². The lowest BCUT2D eigenvalue weighted by molar-refractivity contribution is -0.139. The first-order valence-electron chi connectivity index (χ1n) is 10.3. The highest BCUT2D eigenvalue weighted by atomic mass is 35.5. The van der Waals surface area contributed by atoms with Crippen molar-refractivity contribution in [3.63, 3.8) is 0 Å². The van der Waals surface area contributed by atoms with Crippen molar-refractivity contribution in [3.8, 4) is 5.75 Å². The van der Waals surface area contributed by atoms with E-state index in [1.54, 1.807) is 29.2 Å². The van der Waals surface area contributed by atoms with Gasteiger partial charge < -0.3 is 14.4 Å². The van der Waals surface area contributed by atoms with Crippen LogP contribution in [0.5, 0.6) is 5.75 Å². The average Bonchev–Trinajstić information content (AvgIpc) is 3.07. The molecule has 0 atom stereocenters. The maximum absolute atomic E-state index is 13.1. The second-order valence-corrected chi connectivity index (χ2v) is 9.30. The van der Waals surface area contributed by atoms with Crippen molar-refractivity contribution in [1.82, 2.24) is 9.80 Å². The summed E-state index contributed by atoms with van der Waals surface area (Å²) in [5.74, 6) is -0.964. The van der Waals surface area contributed by atoms with Gasteiger partial charge in [0.15, 0.2) is 5.75 Å². The van der Waals surface area contributed by atoms with Crippen LogP contribution in [-0.4, -0.2) is 59.7 Å². The lowest BCUT2D eigenvalue weighted by atomic mass is 10.2. The summed E-state index contributed by atoms with van der Waals surface area (Å²) in [6, 6.07) is 8.94. The molecular formula is C23H19Cl2FN2O5S. The van der Waals surface area contributed by atoms with Gasteiger partial charge in [-0.25, -0.2) is 4.39 Å². The van der Waals surface area contributed by atoms with Gasteiger partial charge in [0.25, 0.3) is 11.1 Å². The summed E-state index contributed by atoms with van der Waals surface area (Å²) in [6.07, 6.45) is 1.49. The number of hydrogen-bond donors (Lipinski definition) is 0. The molecule has 2 aliphatic heterocycles. The van der Waals surface area contributed by atoms with Crippen LogP contribution in [0.1, 0.15) is 11.1 Å². The van der Waals surface area contributed by atoms with Crippen molar-refractivity contribution in [2.24, 2.45) is 0 Å². The Morgan fingerprint density at radius 1 is 1.12 bits per heavy atom. The first-order valence-corrected chi connectivity index (χ1v) is 11.9. The van der Waals surface area contributed by atoms with Crippen LogP contribution in [0.3, 0.4) is 0 Å². The minimum Gasteiger partial charge on any atom is -0.486 e. The Morgan fingerprint density at radius 3 is 2.41 bits per heavy atom. The van der Waals surface area contributed by atoms with Crippen molar-refractivity contribution in [1.29, 1.82) is 0 Å². The van der Waals surface area contributed by atoms with Crippen LogP contribution in [-0.2, 0) is 20.9 Å². The number of morpholine rings is 1. The quantitative estimate of drug-likeness (QED) is 0.513. The number of halogens is 3. The van der Waals surface area contributed by atoms with E-state index < -0.39 is 11.1 Å². The fraction of sp³-hybridized carbons (Fsp3) is 0.261. The van der Waals surface area contributed by atoms with Gasteiger partial charge in [-0.15, -0.1) is 0 Å². The fourth-order valence-corrected chi connectivity index (χ4v) is 4.82. The number of thioether (sulfide) groups is 1. The van der Waals surface area contributed by atoms with E-state index in [4.69, 9.17) is 32.7 Å². The van der Waals surface area contributed by atoms with Crippen molar-refractivity contribution >= 4 is 58.1 Å². The van der Waals surface area contributed by atoms with Gasteiger partial charge in [0.1, 0.15) is 19.0 Å². The third-order valence-electron chi connectivity index (χ3n) is 5.15. The summed E-state index contributed by atoms with van der Waals surface area (Å²) in [5, 5.41) is -0.0977. The van der Waals surface area contributed by atoms with E-state index >= 15 is 0 Å². The minimum atomic E-state index is -0.555. The minimum absolute atomic E-state index is 0.134. The molecule has 7 nitrogen and oxygen atoms in total. The molecule has 0 spiro atoms. The molecule has 0 saturated carbocycles. The first kappa shape index (κ1) is 24.5. The zero-order valence-electron chi connectivity index (χ0n) is 17.8. The van der Waals surface area contributed by atoms with Gasteiger partial charge in [0.2, 0.25) is 5.91 Å². The number of hydrogen-bond acceptors (Lipinski definition) is 6. The maximum Gasteiger partial charge on any atom is 0.294 e. The molecule has 2 aromatic carbocycles. The topological polar surface area (TPSA) is 76.2 Å². The zero-order chi connectivity index (χ0) is 24.2. The second kappa shape index (κ2) is 10.8. The number of nitrogens with zero attached hydrogens (tertiary/aromatic N) is 2. The normalized spacial score (nSPS) is 17.6. The van der Waals surface area contributed by atoms with Gasteiger partial charge in [0, 0.05) is 13.1 Å². The monoisotopic (exact) mass is 524 g/mol. The van der Waals surface area contributed by atoms with E-state index in [1.165, 1.54) is 18.2 Å². The lowest BCUT2D eigenvalue weighted by Gasteiger charge is -2.28. The summed E-state index contributed by atoms with van der Waals surface area (Å²) < 4.78 is 24.0. The van der Waals surface area contributed by atoms with Gasteiger partial charge in [-0.1, -0.05) is 35.3 Å².